The molecule has 24 heavy (non-hydrogen) atoms. The van der Waals surface area contributed by atoms with E-state index in [4.69, 9.17) is 22.3 Å². The molecule has 3 aromatic rings. The van der Waals surface area contributed by atoms with Crippen molar-refractivity contribution in [3.8, 4) is 0 Å². The zero-order valence-electron chi connectivity index (χ0n) is 13.3. The van der Waals surface area contributed by atoms with E-state index >= 15 is 0 Å². The van der Waals surface area contributed by atoms with Gasteiger partial charge in [-0.25, -0.2) is 0 Å². The molecule has 122 valence electrons. The topological polar surface area (TPSA) is 59.1 Å². The van der Waals surface area contributed by atoms with Gasteiger partial charge in [-0.2, -0.15) is 0 Å². The Bertz CT molecular complexity index is 921. The molecule has 0 saturated carbocycles. The van der Waals surface area contributed by atoms with Crippen LogP contribution in [0, 0.1) is 0 Å². The van der Waals surface area contributed by atoms with E-state index in [0.717, 1.165) is 51.2 Å². The maximum Gasteiger partial charge on any atom is 0.141 e. The van der Waals surface area contributed by atoms with Crippen molar-refractivity contribution in [2.75, 3.05) is 0 Å². The second-order valence-corrected chi connectivity index (χ2v) is 6.88. The molecule has 1 atom stereocenters. The minimum Gasteiger partial charge on any atom is -0.372 e. The molecule has 0 aliphatic heterocycles. The number of para-hydroxylation sites is 1. The molecular formula is C20H19ClN2O. The summed E-state index contributed by atoms with van der Waals surface area (Å²) in [5, 5.41) is 12.6. The number of rotatable bonds is 2. The highest BCUT2D eigenvalue weighted by atomic mass is 35.5. The smallest absolute Gasteiger partial charge is 0.141 e. The molecule has 0 amide bonds. The third kappa shape index (κ3) is 2.59. The Morgan fingerprint density at radius 2 is 1.88 bits per heavy atom. The van der Waals surface area contributed by atoms with Gasteiger partial charge in [0.1, 0.15) is 5.72 Å². The van der Waals surface area contributed by atoms with E-state index in [1.54, 1.807) is 0 Å². The molecule has 0 saturated heterocycles. The van der Waals surface area contributed by atoms with E-state index < -0.39 is 5.72 Å². The number of halogens is 1. The van der Waals surface area contributed by atoms with E-state index in [0.29, 0.717) is 12.8 Å². The van der Waals surface area contributed by atoms with Gasteiger partial charge in [-0.1, -0.05) is 48.0 Å². The lowest BCUT2D eigenvalue weighted by atomic mass is 9.82. The van der Waals surface area contributed by atoms with Crippen molar-refractivity contribution < 1.29 is 5.11 Å². The number of aryl methyl sites for hydroxylation is 1. The Morgan fingerprint density at radius 1 is 1.12 bits per heavy atom. The number of nitrogens with zero attached hydrogens (tertiary/aromatic N) is 1. The van der Waals surface area contributed by atoms with Crippen LogP contribution in [-0.4, -0.2) is 10.1 Å². The van der Waals surface area contributed by atoms with Gasteiger partial charge in [-0.3, -0.25) is 10.7 Å². The van der Waals surface area contributed by atoms with Gasteiger partial charge in [-0.15, -0.1) is 0 Å². The third-order valence-electron chi connectivity index (χ3n) is 4.80. The highest BCUT2D eigenvalue weighted by Gasteiger charge is 2.34. The summed E-state index contributed by atoms with van der Waals surface area (Å²) in [6.45, 7) is 0. The Balaban J connectivity index is 2.00. The first-order valence-corrected chi connectivity index (χ1v) is 8.60. The molecule has 3 N–H and O–H groups in total. The average Bonchev–Trinajstić information content (AvgIpc) is 2.56. The number of aliphatic hydroxyl groups is 1. The van der Waals surface area contributed by atoms with Gasteiger partial charge in [0.25, 0.3) is 0 Å². The standard InChI is InChI=1S/C20H19ClN2O/c21-16-8-3-1-6-13(16)12-15-14-7-2-4-9-17(14)23-18-10-5-11-20(22,24)19(15)18/h1-4,6-9,24H,5,10-12,22H2. The zero-order valence-corrected chi connectivity index (χ0v) is 14.1. The maximum atomic E-state index is 10.8. The number of pyridine rings is 1. The molecule has 1 heterocycles. The van der Waals surface area contributed by atoms with Crippen molar-refractivity contribution in [2.45, 2.75) is 31.4 Å². The predicted molar refractivity (Wildman–Crippen MR) is 97.0 cm³/mol. The molecule has 4 rings (SSSR count). The minimum atomic E-state index is -1.33. The average molecular weight is 339 g/mol. The summed E-state index contributed by atoms with van der Waals surface area (Å²) in [5.74, 6) is 0. The lowest BCUT2D eigenvalue weighted by Gasteiger charge is -2.33. The van der Waals surface area contributed by atoms with Gasteiger partial charge < -0.3 is 5.11 Å². The molecule has 0 radical (unpaired) electrons. The second kappa shape index (κ2) is 5.85. The number of nitrogens with two attached hydrogens (primary N) is 1. The van der Waals surface area contributed by atoms with E-state index in [9.17, 15) is 5.11 Å². The SMILES string of the molecule is NC1(O)CCCc2nc3ccccc3c(Cc3ccccc3Cl)c21. The fourth-order valence-corrected chi connectivity index (χ4v) is 3.90. The number of hydrogen-bond acceptors (Lipinski definition) is 3. The largest absolute Gasteiger partial charge is 0.372 e. The lowest BCUT2D eigenvalue weighted by Crippen LogP contribution is -2.41. The first-order chi connectivity index (χ1) is 11.6. The summed E-state index contributed by atoms with van der Waals surface area (Å²) in [6.07, 6.45) is 2.87. The van der Waals surface area contributed by atoms with Gasteiger partial charge in [0, 0.05) is 28.1 Å². The van der Waals surface area contributed by atoms with Crippen LogP contribution >= 0.6 is 11.6 Å². The van der Waals surface area contributed by atoms with Crippen LogP contribution in [0.15, 0.2) is 48.5 Å². The summed E-state index contributed by atoms with van der Waals surface area (Å²) < 4.78 is 0. The van der Waals surface area contributed by atoms with Crippen LogP contribution in [0.2, 0.25) is 5.02 Å². The summed E-state index contributed by atoms with van der Waals surface area (Å²) in [6, 6.07) is 15.8. The maximum absolute atomic E-state index is 10.8. The van der Waals surface area contributed by atoms with Gasteiger partial charge in [0.05, 0.1) is 5.52 Å². The predicted octanol–water partition coefficient (Wildman–Crippen LogP) is 3.92. The highest BCUT2D eigenvalue weighted by Crippen LogP contribution is 2.38. The zero-order chi connectivity index (χ0) is 16.7. The Labute approximate surface area is 146 Å². The number of aromatic nitrogens is 1. The Kier molecular flexibility index (Phi) is 3.80. The highest BCUT2D eigenvalue weighted by molar-refractivity contribution is 6.31. The summed E-state index contributed by atoms with van der Waals surface area (Å²) >= 11 is 6.37. The Morgan fingerprint density at radius 3 is 2.71 bits per heavy atom. The molecule has 1 aliphatic carbocycles. The molecule has 0 fully saturated rings. The van der Waals surface area contributed by atoms with Gasteiger partial charge >= 0.3 is 0 Å². The molecule has 4 heteroatoms. The van der Waals surface area contributed by atoms with Crippen molar-refractivity contribution in [3.63, 3.8) is 0 Å². The molecule has 1 unspecified atom stereocenters. The Hall–Kier alpha value is -1.94. The van der Waals surface area contributed by atoms with Gasteiger partial charge in [0.2, 0.25) is 0 Å². The van der Waals surface area contributed by atoms with Crippen LogP contribution in [0.3, 0.4) is 0 Å². The first-order valence-electron chi connectivity index (χ1n) is 8.22. The molecule has 3 nitrogen and oxygen atoms in total. The van der Waals surface area contributed by atoms with E-state index in [2.05, 4.69) is 0 Å². The van der Waals surface area contributed by atoms with Crippen LogP contribution in [0.25, 0.3) is 10.9 Å². The van der Waals surface area contributed by atoms with Crippen molar-refractivity contribution in [1.82, 2.24) is 4.98 Å². The summed E-state index contributed by atoms with van der Waals surface area (Å²) in [4.78, 5) is 4.76. The summed E-state index contributed by atoms with van der Waals surface area (Å²) in [5.41, 5.74) is 9.62. The van der Waals surface area contributed by atoms with Crippen molar-refractivity contribution >= 4 is 22.5 Å². The van der Waals surface area contributed by atoms with Crippen molar-refractivity contribution in [1.29, 1.82) is 0 Å². The van der Waals surface area contributed by atoms with E-state index in [1.165, 1.54) is 0 Å². The van der Waals surface area contributed by atoms with Crippen LogP contribution in [0.4, 0.5) is 0 Å². The fourth-order valence-electron chi connectivity index (χ4n) is 3.69. The normalized spacial score (nSPS) is 20.1. The second-order valence-electron chi connectivity index (χ2n) is 6.48. The number of hydrogen-bond donors (Lipinski definition) is 2. The van der Waals surface area contributed by atoms with E-state index in [-0.39, 0.29) is 0 Å². The van der Waals surface area contributed by atoms with Gasteiger partial charge in [-0.05, 0) is 42.5 Å². The van der Waals surface area contributed by atoms with Crippen LogP contribution in [-0.2, 0) is 18.6 Å². The third-order valence-corrected chi connectivity index (χ3v) is 5.17. The van der Waals surface area contributed by atoms with E-state index in [1.807, 2.05) is 48.5 Å². The van der Waals surface area contributed by atoms with Gasteiger partial charge in [0.15, 0.2) is 0 Å². The molecule has 2 aromatic carbocycles. The monoisotopic (exact) mass is 338 g/mol. The van der Waals surface area contributed by atoms with Crippen molar-refractivity contribution in [2.24, 2.45) is 5.73 Å². The van der Waals surface area contributed by atoms with Crippen LogP contribution < -0.4 is 5.73 Å². The first kappa shape index (κ1) is 15.6. The van der Waals surface area contributed by atoms with Crippen LogP contribution in [0.5, 0.6) is 0 Å². The molecular weight excluding hydrogens is 320 g/mol. The molecule has 1 aromatic heterocycles. The quantitative estimate of drug-likeness (QED) is 0.696. The number of benzene rings is 2. The molecule has 0 bridgehead atoms. The van der Waals surface area contributed by atoms with Crippen LogP contribution in [0.1, 0.15) is 35.2 Å². The fraction of sp³-hybridized carbons (Fsp3) is 0.250. The minimum absolute atomic E-state index is 0.551. The number of fused-ring (bicyclic) bond motifs is 2. The molecule has 0 spiro atoms. The summed E-state index contributed by atoms with van der Waals surface area (Å²) in [7, 11) is 0. The van der Waals surface area contributed by atoms with Crippen molar-refractivity contribution in [3.05, 3.63) is 75.9 Å². The lowest BCUT2D eigenvalue weighted by molar-refractivity contribution is 0.0241. The molecule has 1 aliphatic rings.